The number of tetrazole rings is 1. The summed E-state index contributed by atoms with van der Waals surface area (Å²) in [5.74, 6) is 0.629. The van der Waals surface area contributed by atoms with Gasteiger partial charge in [-0.3, -0.25) is 14.6 Å². The molecule has 2 aliphatic rings. The van der Waals surface area contributed by atoms with Crippen LogP contribution in [0, 0.1) is 0 Å². The molecule has 0 spiro atoms. The standard InChI is InChI=1S/C10H13N8O2/c1-16-5-11-8-7(16)9(19)18(10(20)17(8)2)4-3-6-12-14-15-13-6/h5,7H,3-4H2,1-2H3,(H,12,13,14,15)/q+1. The minimum atomic E-state index is -0.539. The van der Waals surface area contributed by atoms with Gasteiger partial charge in [-0.25, -0.2) is 9.37 Å². The lowest BCUT2D eigenvalue weighted by atomic mass is 10.1. The van der Waals surface area contributed by atoms with E-state index in [-0.39, 0.29) is 12.5 Å². The summed E-state index contributed by atoms with van der Waals surface area (Å²) in [6, 6.07) is -0.930. The van der Waals surface area contributed by atoms with Gasteiger partial charge in [0.05, 0.1) is 7.05 Å². The van der Waals surface area contributed by atoms with E-state index < -0.39 is 12.1 Å². The molecule has 10 nitrogen and oxygen atoms in total. The highest BCUT2D eigenvalue weighted by Crippen LogP contribution is 2.17. The number of imide groups is 1. The number of amidine groups is 1. The zero-order chi connectivity index (χ0) is 14.3. The molecule has 104 valence electrons. The Morgan fingerprint density at radius 1 is 1.45 bits per heavy atom. The number of aromatic amines is 1. The normalized spacial score (nSPS) is 22.0. The SMILES string of the molecule is CN1C(=O)N(CCc2nn[nH]n2)C(=O)C2C1=NC=[N+]2C. The van der Waals surface area contributed by atoms with E-state index in [1.54, 1.807) is 25.0 Å². The van der Waals surface area contributed by atoms with Gasteiger partial charge >= 0.3 is 6.03 Å². The Bertz CT molecular complexity index is 619. The smallest absolute Gasteiger partial charge is 0.269 e. The lowest BCUT2D eigenvalue weighted by Gasteiger charge is -2.32. The largest absolute Gasteiger partial charge is 0.333 e. The molecule has 1 atom stereocenters. The van der Waals surface area contributed by atoms with Crippen molar-refractivity contribution in [2.75, 3.05) is 20.6 Å². The summed E-state index contributed by atoms with van der Waals surface area (Å²) in [6.45, 7) is 0.208. The van der Waals surface area contributed by atoms with Crippen LogP contribution < -0.4 is 0 Å². The third kappa shape index (κ3) is 1.76. The highest BCUT2D eigenvalue weighted by atomic mass is 16.2. The monoisotopic (exact) mass is 277 g/mol. The fourth-order valence-corrected chi connectivity index (χ4v) is 2.25. The van der Waals surface area contributed by atoms with E-state index in [4.69, 9.17) is 0 Å². The summed E-state index contributed by atoms with van der Waals surface area (Å²) in [5, 5.41) is 13.4. The molecule has 1 aromatic rings. The topological polar surface area (TPSA) is 110 Å². The maximum atomic E-state index is 12.4. The molecule has 3 heterocycles. The van der Waals surface area contributed by atoms with Crippen molar-refractivity contribution >= 4 is 24.1 Å². The van der Waals surface area contributed by atoms with Gasteiger partial charge in [0.1, 0.15) is 0 Å². The quantitative estimate of drug-likeness (QED) is 0.648. The van der Waals surface area contributed by atoms with Crippen molar-refractivity contribution in [2.24, 2.45) is 4.99 Å². The molecule has 0 radical (unpaired) electrons. The van der Waals surface area contributed by atoms with Gasteiger partial charge in [-0.05, 0) is 4.99 Å². The number of carbonyl (C=O) groups excluding carboxylic acids is 2. The third-order valence-corrected chi connectivity index (χ3v) is 3.33. The number of carbonyl (C=O) groups is 2. The van der Waals surface area contributed by atoms with Crippen LogP contribution in [0.5, 0.6) is 0 Å². The zero-order valence-corrected chi connectivity index (χ0v) is 11.0. The lowest BCUT2D eigenvalue weighted by Crippen LogP contribution is -2.62. The van der Waals surface area contributed by atoms with Crippen LogP contribution in [-0.4, -0.2) is 85.8 Å². The number of hydrogen-bond acceptors (Lipinski definition) is 6. The number of amides is 3. The average molecular weight is 277 g/mol. The number of aliphatic imine (C=N–C) groups is 1. The van der Waals surface area contributed by atoms with Crippen LogP contribution in [0.15, 0.2) is 4.99 Å². The number of aromatic nitrogens is 4. The van der Waals surface area contributed by atoms with E-state index in [1.165, 1.54) is 9.80 Å². The Morgan fingerprint density at radius 3 is 2.95 bits per heavy atom. The highest BCUT2D eigenvalue weighted by molar-refractivity contribution is 6.21. The predicted octanol–water partition coefficient (Wildman–Crippen LogP) is -1.91. The number of hydrogen-bond donors (Lipinski definition) is 1. The summed E-state index contributed by atoms with van der Waals surface area (Å²) >= 11 is 0. The number of nitrogens with one attached hydrogen (secondary N) is 1. The molecule has 1 saturated heterocycles. The number of nitrogens with zero attached hydrogens (tertiary/aromatic N) is 7. The molecule has 0 aliphatic carbocycles. The van der Waals surface area contributed by atoms with Crippen molar-refractivity contribution in [1.82, 2.24) is 30.4 Å². The fourth-order valence-electron chi connectivity index (χ4n) is 2.25. The Morgan fingerprint density at radius 2 is 2.25 bits per heavy atom. The second kappa shape index (κ2) is 4.47. The van der Waals surface area contributed by atoms with E-state index in [0.29, 0.717) is 18.1 Å². The molecule has 3 amide bonds. The first-order chi connectivity index (χ1) is 9.59. The number of likely N-dealkylation sites (N-methyl/N-ethyl adjacent to an activating group) is 2. The summed E-state index contributed by atoms with van der Waals surface area (Å²) in [7, 11) is 3.36. The maximum Gasteiger partial charge on any atom is 0.333 e. The van der Waals surface area contributed by atoms with Crippen molar-refractivity contribution < 1.29 is 14.2 Å². The second-order valence-corrected chi connectivity index (χ2v) is 4.58. The molecular formula is C10H13N8O2+. The van der Waals surface area contributed by atoms with E-state index in [2.05, 4.69) is 25.6 Å². The summed E-state index contributed by atoms with van der Waals surface area (Å²) in [6.07, 6.45) is 1.90. The molecular weight excluding hydrogens is 264 g/mol. The minimum absolute atomic E-state index is 0.208. The summed E-state index contributed by atoms with van der Waals surface area (Å²) in [5.41, 5.74) is 0. The van der Waals surface area contributed by atoms with Gasteiger partial charge in [0.15, 0.2) is 5.82 Å². The van der Waals surface area contributed by atoms with Gasteiger partial charge < -0.3 is 0 Å². The van der Waals surface area contributed by atoms with Gasteiger partial charge in [-0.2, -0.15) is 5.21 Å². The molecule has 2 aliphatic heterocycles. The zero-order valence-electron chi connectivity index (χ0n) is 11.0. The van der Waals surface area contributed by atoms with Crippen molar-refractivity contribution in [2.45, 2.75) is 12.5 Å². The molecule has 0 saturated carbocycles. The third-order valence-electron chi connectivity index (χ3n) is 3.33. The number of H-pyrrole nitrogens is 1. The molecule has 0 aromatic carbocycles. The van der Waals surface area contributed by atoms with Crippen molar-refractivity contribution in [3.05, 3.63) is 5.82 Å². The van der Waals surface area contributed by atoms with Crippen molar-refractivity contribution in [1.29, 1.82) is 0 Å². The molecule has 1 fully saturated rings. The fraction of sp³-hybridized carbons (Fsp3) is 0.500. The van der Waals surface area contributed by atoms with E-state index in [9.17, 15) is 9.59 Å². The highest BCUT2D eigenvalue weighted by Gasteiger charge is 2.50. The maximum absolute atomic E-state index is 12.4. The summed E-state index contributed by atoms with van der Waals surface area (Å²) < 4.78 is 1.68. The lowest BCUT2D eigenvalue weighted by molar-refractivity contribution is -0.500. The van der Waals surface area contributed by atoms with Crippen LogP contribution in [0.25, 0.3) is 0 Å². The first kappa shape index (κ1) is 12.4. The molecule has 1 aromatic heterocycles. The Labute approximate surface area is 113 Å². The van der Waals surface area contributed by atoms with Crippen LogP contribution in [0.1, 0.15) is 5.82 Å². The first-order valence-corrected chi connectivity index (χ1v) is 6.04. The van der Waals surface area contributed by atoms with E-state index in [1.807, 2.05) is 0 Å². The number of rotatable bonds is 3. The Balaban J connectivity index is 1.80. The van der Waals surface area contributed by atoms with E-state index in [0.717, 1.165) is 0 Å². The molecule has 1 unspecified atom stereocenters. The van der Waals surface area contributed by atoms with Gasteiger partial charge in [-0.1, -0.05) is 5.21 Å². The van der Waals surface area contributed by atoms with Crippen LogP contribution in [0.3, 0.4) is 0 Å². The Kier molecular flexibility index (Phi) is 2.77. The second-order valence-electron chi connectivity index (χ2n) is 4.58. The number of fused-ring (bicyclic) bond motifs is 1. The minimum Gasteiger partial charge on any atom is -0.269 e. The van der Waals surface area contributed by atoms with Crippen molar-refractivity contribution in [3.8, 4) is 0 Å². The Hall–Kier alpha value is -2.65. The van der Waals surface area contributed by atoms with Crippen molar-refractivity contribution in [3.63, 3.8) is 0 Å². The van der Waals surface area contributed by atoms with Gasteiger partial charge in [0, 0.05) is 20.0 Å². The van der Waals surface area contributed by atoms with Crippen LogP contribution in [0.2, 0.25) is 0 Å². The molecule has 3 rings (SSSR count). The van der Waals surface area contributed by atoms with E-state index >= 15 is 0 Å². The molecule has 20 heavy (non-hydrogen) atoms. The van der Waals surface area contributed by atoms with Gasteiger partial charge in [0.2, 0.25) is 0 Å². The van der Waals surface area contributed by atoms with Gasteiger partial charge in [-0.15, -0.1) is 10.2 Å². The molecule has 1 N–H and O–H groups in total. The van der Waals surface area contributed by atoms with Crippen LogP contribution in [0.4, 0.5) is 4.79 Å². The predicted molar refractivity (Wildman–Crippen MR) is 66.2 cm³/mol. The average Bonchev–Trinajstić information content (AvgIpc) is 3.06. The number of urea groups is 1. The summed E-state index contributed by atoms with van der Waals surface area (Å²) in [4.78, 5) is 31.3. The molecule has 0 bridgehead atoms. The first-order valence-electron chi connectivity index (χ1n) is 6.04. The molecule has 10 heteroatoms. The van der Waals surface area contributed by atoms with Crippen LogP contribution in [-0.2, 0) is 11.2 Å². The van der Waals surface area contributed by atoms with Crippen LogP contribution >= 0.6 is 0 Å². The van der Waals surface area contributed by atoms with Gasteiger partial charge in [0.25, 0.3) is 24.1 Å².